The molecule has 0 aliphatic carbocycles. The number of nitro benzene ring substituents is 1. The molecule has 3 N–H and O–H groups in total. The average molecular weight is 371 g/mol. The molecule has 1 aliphatic rings. The maximum absolute atomic E-state index is 12.5. The van der Waals surface area contributed by atoms with Crippen LogP contribution in [-0.2, 0) is 16.0 Å². The Morgan fingerprint density at radius 2 is 2.08 bits per heavy atom. The first-order valence-electron chi connectivity index (χ1n) is 8.00. The molecule has 0 bridgehead atoms. The number of hydrogen-bond donors (Lipinski definition) is 2. The summed E-state index contributed by atoms with van der Waals surface area (Å²) in [5, 5.41) is 13.8. The largest absolute Gasteiger partial charge is 0.355 e. The number of nitro groups is 1. The molecule has 1 aromatic carbocycles. The number of piperidine rings is 1. The highest BCUT2D eigenvalue weighted by atomic mass is 35.5. The summed E-state index contributed by atoms with van der Waals surface area (Å²) in [6.07, 6.45) is 1.43. The average Bonchev–Trinajstić information content (AvgIpc) is 2.60. The Bertz CT molecular complexity index is 626. The molecule has 1 fully saturated rings. The van der Waals surface area contributed by atoms with E-state index in [0.29, 0.717) is 31.7 Å². The quantitative estimate of drug-likeness (QED) is 0.569. The summed E-state index contributed by atoms with van der Waals surface area (Å²) >= 11 is 0. The van der Waals surface area contributed by atoms with Gasteiger partial charge in [0.05, 0.1) is 17.3 Å². The highest BCUT2D eigenvalue weighted by Crippen LogP contribution is 2.21. The molecule has 0 radical (unpaired) electrons. The van der Waals surface area contributed by atoms with E-state index in [1.54, 1.807) is 23.1 Å². The molecule has 1 heterocycles. The van der Waals surface area contributed by atoms with Crippen molar-refractivity contribution in [2.45, 2.75) is 19.3 Å². The van der Waals surface area contributed by atoms with E-state index < -0.39 is 4.92 Å². The molecule has 138 valence electrons. The molecular weight excluding hydrogens is 348 g/mol. The Balaban J connectivity index is 0.00000312. The number of nitrogens with one attached hydrogen (secondary N) is 1. The monoisotopic (exact) mass is 370 g/mol. The van der Waals surface area contributed by atoms with Crippen molar-refractivity contribution in [2.24, 2.45) is 11.7 Å². The van der Waals surface area contributed by atoms with Gasteiger partial charge in [-0.05, 0) is 12.8 Å². The van der Waals surface area contributed by atoms with Crippen LogP contribution in [0.3, 0.4) is 0 Å². The summed E-state index contributed by atoms with van der Waals surface area (Å²) in [5.41, 5.74) is 5.71. The lowest BCUT2D eigenvalue weighted by Gasteiger charge is -2.32. The first-order valence-corrected chi connectivity index (χ1v) is 8.00. The standard InChI is InChI=1S/C16H22N4O4.ClH/c17-7-8-18-16(22)13-5-3-9-19(11-13)15(21)10-12-4-1-2-6-14(12)20(23)24;/h1-2,4,6,13H,3,5,7-11,17H2,(H,18,22);1H. The van der Waals surface area contributed by atoms with Gasteiger partial charge in [-0.15, -0.1) is 12.4 Å². The van der Waals surface area contributed by atoms with Crippen LogP contribution in [0.1, 0.15) is 18.4 Å². The van der Waals surface area contributed by atoms with Gasteiger partial charge in [-0.3, -0.25) is 19.7 Å². The first kappa shape index (κ1) is 20.9. The number of halogens is 1. The fraction of sp³-hybridized carbons (Fsp3) is 0.500. The highest BCUT2D eigenvalue weighted by molar-refractivity contribution is 5.85. The first-order chi connectivity index (χ1) is 11.5. The molecule has 9 heteroatoms. The van der Waals surface area contributed by atoms with E-state index in [0.717, 1.165) is 12.8 Å². The SMILES string of the molecule is Cl.NCCNC(=O)C1CCCN(C(=O)Cc2ccccc2[N+](=O)[O-])C1. The molecule has 25 heavy (non-hydrogen) atoms. The van der Waals surface area contributed by atoms with Crippen LogP contribution in [-0.4, -0.2) is 47.8 Å². The zero-order chi connectivity index (χ0) is 17.5. The van der Waals surface area contributed by atoms with Gasteiger partial charge in [0.25, 0.3) is 5.69 Å². The Kier molecular flexibility index (Phi) is 8.30. The van der Waals surface area contributed by atoms with Crippen LogP contribution in [0.25, 0.3) is 0 Å². The second-order valence-corrected chi connectivity index (χ2v) is 5.82. The molecule has 1 aliphatic heterocycles. The van der Waals surface area contributed by atoms with Gasteiger partial charge in [-0.25, -0.2) is 0 Å². The molecule has 1 saturated heterocycles. The third-order valence-electron chi connectivity index (χ3n) is 4.12. The molecule has 1 aromatic rings. The van der Waals surface area contributed by atoms with Crippen LogP contribution < -0.4 is 11.1 Å². The number of rotatable bonds is 6. The van der Waals surface area contributed by atoms with E-state index in [-0.39, 0.29) is 42.2 Å². The topological polar surface area (TPSA) is 119 Å². The van der Waals surface area contributed by atoms with Crippen molar-refractivity contribution in [3.8, 4) is 0 Å². The lowest BCUT2D eigenvalue weighted by molar-refractivity contribution is -0.385. The van der Waals surface area contributed by atoms with Crippen LogP contribution in [0.15, 0.2) is 24.3 Å². The zero-order valence-electron chi connectivity index (χ0n) is 13.8. The van der Waals surface area contributed by atoms with Crippen molar-refractivity contribution in [1.29, 1.82) is 0 Å². The Morgan fingerprint density at radius 3 is 2.76 bits per heavy atom. The van der Waals surface area contributed by atoms with Gasteiger partial charge in [0, 0.05) is 37.8 Å². The van der Waals surface area contributed by atoms with E-state index >= 15 is 0 Å². The summed E-state index contributed by atoms with van der Waals surface area (Å²) in [6.45, 7) is 1.70. The van der Waals surface area contributed by atoms with Crippen molar-refractivity contribution < 1.29 is 14.5 Å². The third kappa shape index (κ3) is 5.68. The van der Waals surface area contributed by atoms with Crippen LogP contribution in [0.5, 0.6) is 0 Å². The third-order valence-corrected chi connectivity index (χ3v) is 4.12. The van der Waals surface area contributed by atoms with Crippen molar-refractivity contribution in [2.75, 3.05) is 26.2 Å². The van der Waals surface area contributed by atoms with Crippen molar-refractivity contribution in [1.82, 2.24) is 10.2 Å². The van der Waals surface area contributed by atoms with Gasteiger partial charge >= 0.3 is 0 Å². The minimum absolute atomic E-state index is 0. The molecule has 0 saturated carbocycles. The van der Waals surface area contributed by atoms with Gasteiger partial charge in [0.2, 0.25) is 11.8 Å². The molecular formula is C16H23ClN4O4. The number of likely N-dealkylation sites (tertiary alicyclic amines) is 1. The number of nitrogens with two attached hydrogens (primary N) is 1. The Morgan fingerprint density at radius 1 is 1.36 bits per heavy atom. The lowest BCUT2D eigenvalue weighted by atomic mass is 9.96. The fourth-order valence-electron chi connectivity index (χ4n) is 2.87. The number of hydrogen-bond acceptors (Lipinski definition) is 5. The lowest BCUT2D eigenvalue weighted by Crippen LogP contribution is -2.46. The predicted octanol–water partition coefficient (Wildman–Crippen LogP) is 0.873. The summed E-state index contributed by atoms with van der Waals surface area (Å²) in [6, 6.07) is 6.23. The van der Waals surface area contributed by atoms with Gasteiger partial charge < -0.3 is 16.0 Å². The van der Waals surface area contributed by atoms with Gasteiger partial charge in [0.1, 0.15) is 0 Å². The second-order valence-electron chi connectivity index (χ2n) is 5.82. The van der Waals surface area contributed by atoms with Crippen molar-refractivity contribution >= 4 is 29.9 Å². The molecule has 0 spiro atoms. The summed E-state index contributed by atoms with van der Waals surface area (Å²) in [7, 11) is 0. The summed E-state index contributed by atoms with van der Waals surface area (Å²) in [5.74, 6) is -0.538. The molecule has 2 amide bonds. The number of carbonyl (C=O) groups is 2. The van der Waals surface area contributed by atoms with Crippen LogP contribution >= 0.6 is 12.4 Å². The molecule has 0 aromatic heterocycles. The van der Waals surface area contributed by atoms with Crippen LogP contribution in [0.2, 0.25) is 0 Å². The Hall–Kier alpha value is -2.19. The Labute approximate surface area is 152 Å². The van der Waals surface area contributed by atoms with E-state index in [1.165, 1.54) is 6.07 Å². The number of benzene rings is 1. The highest BCUT2D eigenvalue weighted by Gasteiger charge is 2.29. The minimum Gasteiger partial charge on any atom is -0.355 e. The van der Waals surface area contributed by atoms with E-state index in [1.807, 2.05) is 0 Å². The second kappa shape index (κ2) is 9.95. The number of amides is 2. The molecule has 1 atom stereocenters. The normalized spacial score (nSPS) is 16.7. The van der Waals surface area contributed by atoms with E-state index in [2.05, 4.69) is 5.32 Å². The molecule has 8 nitrogen and oxygen atoms in total. The van der Waals surface area contributed by atoms with Gasteiger partial charge in [0.15, 0.2) is 0 Å². The molecule has 2 rings (SSSR count). The predicted molar refractivity (Wildman–Crippen MR) is 95.4 cm³/mol. The van der Waals surface area contributed by atoms with Crippen LogP contribution in [0, 0.1) is 16.0 Å². The van der Waals surface area contributed by atoms with E-state index in [9.17, 15) is 19.7 Å². The zero-order valence-corrected chi connectivity index (χ0v) is 14.7. The summed E-state index contributed by atoms with van der Waals surface area (Å²) < 4.78 is 0. The van der Waals surface area contributed by atoms with Gasteiger partial charge in [-0.2, -0.15) is 0 Å². The summed E-state index contributed by atoms with van der Waals surface area (Å²) in [4.78, 5) is 36.7. The van der Waals surface area contributed by atoms with Crippen molar-refractivity contribution in [3.05, 3.63) is 39.9 Å². The van der Waals surface area contributed by atoms with Crippen LogP contribution in [0.4, 0.5) is 5.69 Å². The molecule has 1 unspecified atom stereocenters. The number of carbonyl (C=O) groups excluding carboxylic acids is 2. The number of para-hydroxylation sites is 1. The smallest absolute Gasteiger partial charge is 0.273 e. The van der Waals surface area contributed by atoms with E-state index in [4.69, 9.17) is 5.73 Å². The fourth-order valence-corrected chi connectivity index (χ4v) is 2.87. The number of nitrogens with zero attached hydrogens (tertiary/aromatic N) is 2. The maximum atomic E-state index is 12.5. The maximum Gasteiger partial charge on any atom is 0.273 e. The minimum atomic E-state index is -0.484. The van der Waals surface area contributed by atoms with Crippen molar-refractivity contribution in [3.63, 3.8) is 0 Å². The van der Waals surface area contributed by atoms with Gasteiger partial charge in [-0.1, -0.05) is 18.2 Å².